The molecule has 0 radical (unpaired) electrons. The van der Waals surface area contributed by atoms with Crippen LogP contribution in [0.1, 0.15) is 25.3 Å². The maximum atomic E-state index is 11.1. The molecular formula is C16H18O3. The Balaban J connectivity index is 2.44. The molecule has 0 aliphatic heterocycles. The van der Waals surface area contributed by atoms with Crippen LogP contribution < -0.4 is 0 Å². The van der Waals surface area contributed by atoms with E-state index >= 15 is 0 Å². The highest BCUT2D eigenvalue weighted by atomic mass is 16.5. The van der Waals surface area contributed by atoms with Gasteiger partial charge in [-0.2, -0.15) is 0 Å². The first-order valence-electron chi connectivity index (χ1n) is 6.29. The monoisotopic (exact) mass is 258 g/mol. The van der Waals surface area contributed by atoms with Gasteiger partial charge in [0.05, 0.1) is 13.5 Å². The molecular weight excluding hydrogens is 240 g/mol. The van der Waals surface area contributed by atoms with E-state index < -0.39 is 11.4 Å². The normalized spacial score (nSPS) is 22.4. The molecule has 1 aromatic rings. The van der Waals surface area contributed by atoms with E-state index in [1.54, 1.807) is 7.11 Å². The van der Waals surface area contributed by atoms with Gasteiger partial charge in [0.1, 0.15) is 5.76 Å². The molecule has 100 valence electrons. The van der Waals surface area contributed by atoms with Gasteiger partial charge in [-0.3, -0.25) is 4.79 Å². The number of rotatable bonds is 4. The molecule has 19 heavy (non-hydrogen) atoms. The van der Waals surface area contributed by atoms with Gasteiger partial charge in [0.2, 0.25) is 0 Å². The first kappa shape index (κ1) is 13.4. The smallest absolute Gasteiger partial charge is 0.304 e. The summed E-state index contributed by atoms with van der Waals surface area (Å²) in [5.41, 5.74) is 1.68. The zero-order valence-electron chi connectivity index (χ0n) is 11.2. The highest BCUT2D eigenvalue weighted by molar-refractivity contribution is 5.79. The zero-order chi connectivity index (χ0) is 13.9. The van der Waals surface area contributed by atoms with Crippen molar-refractivity contribution in [2.24, 2.45) is 5.41 Å². The molecule has 2 rings (SSSR count). The second kappa shape index (κ2) is 5.31. The number of carbonyl (C=O) groups is 1. The first-order valence-corrected chi connectivity index (χ1v) is 6.29. The summed E-state index contributed by atoms with van der Waals surface area (Å²) in [4.78, 5) is 11.1. The first-order chi connectivity index (χ1) is 9.05. The fraction of sp³-hybridized carbons (Fsp3) is 0.312. The highest BCUT2D eigenvalue weighted by Crippen LogP contribution is 2.44. The van der Waals surface area contributed by atoms with Crippen LogP contribution in [0.3, 0.4) is 0 Å². The molecule has 0 saturated heterocycles. The van der Waals surface area contributed by atoms with Gasteiger partial charge in [0.25, 0.3) is 0 Å². The average Bonchev–Trinajstić information content (AvgIpc) is 2.39. The highest BCUT2D eigenvalue weighted by Gasteiger charge is 2.34. The summed E-state index contributed by atoms with van der Waals surface area (Å²) in [6, 6.07) is 9.88. The number of hydrogen-bond acceptors (Lipinski definition) is 2. The molecule has 1 aliphatic carbocycles. The van der Waals surface area contributed by atoms with Gasteiger partial charge >= 0.3 is 5.97 Å². The number of carboxylic acids is 1. The molecule has 0 aromatic heterocycles. The van der Waals surface area contributed by atoms with Crippen molar-refractivity contribution in [1.82, 2.24) is 0 Å². The molecule has 0 spiro atoms. The molecule has 0 saturated carbocycles. The SMILES string of the molecule is COC1=CCC(C)(CC(=O)O)C(c2ccccc2)=C1. The minimum absolute atomic E-state index is 0.112. The van der Waals surface area contributed by atoms with Crippen LogP contribution in [-0.4, -0.2) is 18.2 Å². The predicted molar refractivity (Wildman–Crippen MR) is 74.5 cm³/mol. The van der Waals surface area contributed by atoms with Gasteiger partial charge in [-0.1, -0.05) is 37.3 Å². The lowest BCUT2D eigenvalue weighted by Crippen LogP contribution is -2.24. The van der Waals surface area contributed by atoms with Crippen LogP contribution in [0, 0.1) is 5.41 Å². The van der Waals surface area contributed by atoms with Crippen LogP contribution in [0.4, 0.5) is 0 Å². The molecule has 1 unspecified atom stereocenters. The Morgan fingerprint density at radius 2 is 2.05 bits per heavy atom. The topological polar surface area (TPSA) is 46.5 Å². The zero-order valence-corrected chi connectivity index (χ0v) is 11.2. The summed E-state index contributed by atoms with van der Waals surface area (Å²) in [5.74, 6) is 0.0142. The van der Waals surface area contributed by atoms with Crippen LogP contribution in [0.2, 0.25) is 0 Å². The molecule has 3 nitrogen and oxygen atoms in total. The van der Waals surface area contributed by atoms with Crippen LogP contribution in [0.15, 0.2) is 48.2 Å². The molecule has 0 amide bonds. The molecule has 0 bridgehead atoms. The van der Waals surface area contributed by atoms with E-state index in [1.165, 1.54) is 0 Å². The van der Waals surface area contributed by atoms with E-state index in [9.17, 15) is 4.79 Å². The van der Waals surface area contributed by atoms with Crippen molar-refractivity contribution < 1.29 is 14.6 Å². The molecule has 1 aromatic carbocycles. The largest absolute Gasteiger partial charge is 0.497 e. The van der Waals surface area contributed by atoms with Gasteiger partial charge in [-0.05, 0) is 29.7 Å². The van der Waals surface area contributed by atoms with Crippen molar-refractivity contribution in [3.05, 3.63) is 53.8 Å². The van der Waals surface area contributed by atoms with Gasteiger partial charge in [-0.15, -0.1) is 0 Å². The number of benzene rings is 1. The van der Waals surface area contributed by atoms with E-state index in [4.69, 9.17) is 9.84 Å². The molecule has 1 atom stereocenters. The summed E-state index contributed by atoms with van der Waals surface area (Å²) in [6.45, 7) is 1.99. The van der Waals surface area contributed by atoms with Crippen LogP contribution in [-0.2, 0) is 9.53 Å². The van der Waals surface area contributed by atoms with E-state index in [-0.39, 0.29) is 6.42 Å². The number of methoxy groups -OCH3 is 1. The summed E-state index contributed by atoms with van der Waals surface area (Å²) in [5, 5.41) is 9.14. The van der Waals surface area contributed by atoms with Crippen molar-refractivity contribution in [3.8, 4) is 0 Å². The third kappa shape index (κ3) is 2.87. The van der Waals surface area contributed by atoms with E-state index in [0.29, 0.717) is 6.42 Å². The Hall–Kier alpha value is -2.03. The minimum Gasteiger partial charge on any atom is -0.497 e. The second-order valence-electron chi connectivity index (χ2n) is 5.07. The van der Waals surface area contributed by atoms with Gasteiger partial charge in [0.15, 0.2) is 0 Å². The number of ether oxygens (including phenoxy) is 1. The standard InChI is InChI=1S/C16H18O3/c1-16(11-15(17)18)9-8-13(19-2)10-14(16)12-6-4-3-5-7-12/h3-8,10H,9,11H2,1-2H3,(H,17,18). The number of carboxylic acid groups (broad SMARTS) is 1. The third-order valence-electron chi connectivity index (χ3n) is 3.55. The molecule has 3 heteroatoms. The quantitative estimate of drug-likeness (QED) is 0.899. The van der Waals surface area contributed by atoms with Crippen molar-refractivity contribution in [2.75, 3.05) is 7.11 Å². The van der Waals surface area contributed by atoms with Gasteiger partial charge in [0, 0.05) is 5.41 Å². The van der Waals surface area contributed by atoms with Gasteiger partial charge < -0.3 is 9.84 Å². The second-order valence-corrected chi connectivity index (χ2v) is 5.07. The Kier molecular flexibility index (Phi) is 3.74. The third-order valence-corrected chi connectivity index (χ3v) is 3.55. The number of allylic oxidation sites excluding steroid dienone is 3. The Morgan fingerprint density at radius 3 is 2.63 bits per heavy atom. The van der Waals surface area contributed by atoms with Crippen molar-refractivity contribution in [2.45, 2.75) is 19.8 Å². The van der Waals surface area contributed by atoms with Crippen molar-refractivity contribution in [3.63, 3.8) is 0 Å². The number of hydrogen-bond donors (Lipinski definition) is 1. The maximum Gasteiger partial charge on any atom is 0.304 e. The molecule has 1 N–H and O–H groups in total. The summed E-state index contributed by atoms with van der Waals surface area (Å²) < 4.78 is 5.28. The summed E-state index contributed by atoms with van der Waals surface area (Å²) in [7, 11) is 1.63. The van der Waals surface area contributed by atoms with Gasteiger partial charge in [-0.25, -0.2) is 0 Å². The van der Waals surface area contributed by atoms with Crippen molar-refractivity contribution in [1.29, 1.82) is 0 Å². The maximum absolute atomic E-state index is 11.1. The Labute approximate surface area is 113 Å². The van der Waals surface area contributed by atoms with Crippen LogP contribution >= 0.6 is 0 Å². The summed E-state index contributed by atoms with van der Waals surface area (Å²) in [6.07, 6.45) is 4.68. The predicted octanol–water partition coefficient (Wildman–Crippen LogP) is 3.49. The lowest BCUT2D eigenvalue weighted by Gasteiger charge is -2.33. The Morgan fingerprint density at radius 1 is 1.37 bits per heavy atom. The van der Waals surface area contributed by atoms with E-state index in [1.807, 2.05) is 49.4 Å². The lowest BCUT2D eigenvalue weighted by molar-refractivity contribution is -0.138. The molecule has 0 heterocycles. The fourth-order valence-corrected chi connectivity index (χ4v) is 2.50. The van der Waals surface area contributed by atoms with E-state index in [2.05, 4.69) is 0 Å². The molecule has 1 aliphatic rings. The minimum atomic E-state index is -0.779. The van der Waals surface area contributed by atoms with Crippen molar-refractivity contribution >= 4 is 11.5 Å². The molecule has 0 fully saturated rings. The summed E-state index contributed by atoms with van der Waals surface area (Å²) >= 11 is 0. The average molecular weight is 258 g/mol. The fourth-order valence-electron chi connectivity index (χ4n) is 2.50. The lowest BCUT2D eigenvalue weighted by atomic mass is 9.71. The number of aliphatic carboxylic acids is 1. The van der Waals surface area contributed by atoms with Crippen LogP contribution in [0.25, 0.3) is 5.57 Å². The van der Waals surface area contributed by atoms with Crippen LogP contribution in [0.5, 0.6) is 0 Å². The Bertz CT molecular complexity index is 528. The van der Waals surface area contributed by atoms with E-state index in [0.717, 1.165) is 16.9 Å².